The molecule has 4 nitrogen and oxygen atoms in total. The molecule has 0 aliphatic heterocycles. The normalized spacial score (nSPS) is 10.6. The summed E-state index contributed by atoms with van der Waals surface area (Å²) in [6.45, 7) is 7.44. The topological polar surface area (TPSA) is 53.7 Å². The Morgan fingerprint density at radius 2 is 1.75 bits per heavy atom. The van der Waals surface area contributed by atoms with Crippen LogP contribution in [0.5, 0.6) is 11.5 Å². The Kier molecular flexibility index (Phi) is 8.83. The molecule has 2 N–H and O–H groups in total. The molecule has 0 saturated heterocycles. The van der Waals surface area contributed by atoms with E-state index in [2.05, 4.69) is 13.8 Å². The summed E-state index contributed by atoms with van der Waals surface area (Å²) in [6, 6.07) is 5.95. The van der Waals surface area contributed by atoms with Crippen molar-refractivity contribution in [3.8, 4) is 11.5 Å². The lowest BCUT2D eigenvalue weighted by atomic mass is 10.1. The Morgan fingerprint density at radius 1 is 0.950 bits per heavy atom. The van der Waals surface area contributed by atoms with Gasteiger partial charge in [-0.3, -0.25) is 0 Å². The Bertz CT molecular complexity index is 369. The van der Waals surface area contributed by atoms with Gasteiger partial charge in [-0.2, -0.15) is 0 Å². The first-order valence-electron chi connectivity index (χ1n) is 7.48. The van der Waals surface area contributed by atoms with E-state index in [-0.39, 0.29) is 0 Å². The predicted octanol–water partition coefficient (Wildman–Crippen LogP) is 2.78. The largest absolute Gasteiger partial charge is 0.493 e. The molecule has 114 valence electrons. The lowest BCUT2D eigenvalue weighted by Crippen LogP contribution is -2.10. The van der Waals surface area contributed by atoms with Gasteiger partial charge in [-0.05, 0) is 37.4 Å². The summed E-state index contributed by atoms with van der Waals surface area (Å²) in [5, 5.41) is 0. The van der Waals surface area contributed by atoms with E-state index in [0.29, 0.717) is 19.8 Å². The van der Waals surface area contributed by atoms with Crippen LogP contribution in [0.1, 0.15) is 32.3 Å². The highest BCUT2D eigenvalue weighted by Gasteiger charge is 2.06. The van der Waals surface area contributed by atoms with E-state index in [0.717, 1.165) is 49.5 Å². The van der Waals surface area contributed by atoms with Crippen molar-refractivity contribution in [2.45, 2.75) is 33.1 Å². The van der Waals surface area contributed by atoms with Crippen molar-refractivity contribution in [1.29, 1.82) is 0 Å². The fourth-order valence-corrected chi connectivity index (χ4v) is 1.80. The second-order valence-corrected chi connectivity index (χ2v) is 4.62. The van der Waals surface area contributed by atoms with E-state index in [1.165, 1.54) is 0 Å². The SMILES string of the molecule is CCCOCCOc1cc(OCCC)ccc1CCN. The third-order valence-corrected chi connectivity index (χ3v) is 2.76. The van der Waals surface area contributed by atoms with Crippen molar-refractivity contribution in [2.24, 2.45) is 5.73 Å². The van der Waals surface area contributed by atoms with E-state index in [1.54, 1.807) is 0 Å². The average Bonchev–Trinajstić information content (AvgIpc) is 2.47. The summed E-state index contributed by atoms with van der Waals surface area (Å²) >= 11 is 0. The van der Waals surface area contributed by atoms with Gasteiger partial charge in [0, 0.05) is 12.7 Å². The maximum atomic E-state index is 5.80. The molecule has 0 atom stereocenters. The Morgan fingerprint density at radius 3 is 2.45 bits per heavy atom. The van der Waals surface area contributed by atoms with Crippen molar-refractivity contribution >= 4 is 0 Å². The third kappa shape index (κ3) is 6.26. The van der Waals surface area contributed by atoms with Crippen LogP contribution in [-0.4, -0.2) is 33.0 Å². The molecular weight excluding hydrogens is 254 g/mol. The maximum Gasteiger partial charge on any atom is 0.126 e. The van der Waals surface area contributed by atoms with E-state index in [1.807, 2.05) is 18.2 Å². The van der Waals surface area contributed by atoms with E-state index in [9.17, 15) is 0 Å². The lowest BCUT2D eigenvalue weighted by molar-refractivity contribution is 0.100. The van der Waals surface area contributed by atoms with Crippen LogP contribution >= 0.6 is 0 Å². The molecule has 4 heteroatoms. The van der Waals surface area contributed by atoms with Gasteiger partial charge in [-0.25, -0.2) is 0 Å². The van der Waals surface area contributed by atoms with Crippen LogP contribution in [0, 0.1) is 0 Å². The molecule has 0 radical (unpaired) electrons. The van der Waals surface area contributed by atoms with Gasteiger partial charge in [0.05, 0.1) is 13.2 Å². The maximum absolute atomic E-state index is 5.80. The number of ether oxygens (including phenoxy) is 3. The molecule has 1 rings (SSSR count). The molecule has 0 spiro atoms. The molecule has 0 unspecified atom stereocenters. The van der Waals surface area contributed by atoms with Gasteiger partial charge in [0.25, 0.3) is 0 Å². The molecule has 0 aliphatic rings. The fourth-order valence-electron chi connectivity index (χ4n) is 1.80. The lowest BCUT2D eigenvalue weighted by Gasteiger charge is -2.13. The molecule has 0 saturated carbocycles. The third-order valence-electron chi connectivity index (χ3n) is 2.76. The van der Waals surface area contributed by atoms with Crippen molar-refractivity contribution in [3.05, 3.63) is 23.8 Å². The molecular formula is C16H27NO3. The van der Waals surface area contributed by atoms with Gasteiger partial charge in [0.1, 0.15) is 18.1 Å². The fraction of sp³-hybridized carbons (Fsp3) is 0.625. The summed E-state index contributed by atoms with van der Waals surface area (Å²) < 4.78 is 16.8. The summed E-state index contributed by atoms with van der Waals surface area (Å²) in [4.78, 5) is 0. The van der Waals surface area contributed by atoms with E-state index < -0.39 is 0 Å². The monoisotopic (exact) mass is 281 g/mol. The van der Waals surface area contributed by atoms with Crippen molar-refractivity contribution in [3.63, 3.8) is 0 Å². The van der Waals surface area contributed by atoms with Crippen LogP contribution in [0.15, 0.2) is 18.2 Å². The van der Waals surface area contributed by atoms with Crippen LogP contribution in [0.3, 0.4) is 0 Å². The van der Waals surface area contributed by atoms with Gasteiger partial charge in [-0.1, -0.05) is 19.9 Å². The number of hydrogen-bond acceptors (Lipinski definition) is 4. The van der Waals surface area contributed by atoms with Crippen molar-refractivity contribution in [2.75, 3.05) is 33.0 Å². The molecule has 0 bridgehead atoms. The molecule has 0 aliphatic carbocycles. The molecule has 1 aromatic carbocycles. The number of nitrogens with two attached hydrogens (primary N) is 1. The van der Waals surface area contributed by atoms with Gasteiger partial charge in [0.2, 0.25) is 0 Å². The van der Waals surface area contributed by atoms with E-state index >= 15 is 0 Å². The zero-order chi connectivity index (χ0) is 14.6. The van der Waals surface area contributed by atoms with Crippen LogP contribution in [-0.2, 0) is 11.2 Å². The predicted molar refractivity (Wildman–Crippen MR) is 81.6 cm³/mol. The van der Waals surface area contributed by atoms with Crippen LogP contribution in [0.4, 0.5) is 0 Å². The Hall–Kier alpha value is -1.26. The first kappa shape index (κ1) is 16.8. The summed E-state index contributed by atoms with van der Waals surface area (Å²) in [7, 11) is 0. The van der Waals surface area contributed by atoms with Gasteiger partial charge >= 0.3 is 0 Å². The molecule has 0 amide bonds. The first-order valence-corrected chi connectivity index (χ1v) is 7.48. The average molecular weight is 281 g/mol. The van der Waals surface area contributed by atoms with Crippen molar-refractivity contribution in [1.82, 2.24) is 0 Å². The van der Waals surface area contributed by atoms with E-state index in [4.69, 9.17) is 19.9 Å². The van der Waals surface area contributed by atoms with Gasteiger partial charge < -0.3 is 19.9 Å². The minimum absolute atomic E-state index is 0.550. The minimum atomic E-state index is 0.550. The summed E-state index contributed by atoms with van der Waals surface area (Å²) in [6.07, 6.45) is 2.82. The number of benzene rings is 1. The van der Waals surface area contributed by atoms with Crippen LogP contribution in [0.2, 0.25) is 0 Å². The zero-order valence-corrected chi connectivity index (χ0v) is 12.7. The zero-order valence-electron chi connectivity index (χ0n) is 12.7. The quantitative estimate of drug-likeness (QED) is 0.634. The number of hydrogen-bond donors (Lipinski definition) is 1. The highest BCUT2D eigenvalue weighted by atomic mass is 16.5. The van der Waals surface area contributed by atoms with Gasteiger partial charge in [-0.15, -0.1) is 0 Å². The Labute approximate surface area is 122 Å². The molecule has 20 heavy (non-hydrogen) atoms. The highest BCUT2D eigenvalue weighted by molar-refractivity contribution is 5.41. The smallest absolute Gasteiger partial charge is 0.126 e. The number of rotatable bonds is 11. The summed E-state index contributed by atoms with van der Waals surface area (Å²) in [5.74, 6) is 1.70. The van der Waals surface area contributed by atoms with Crippen LogP contribution < -0.4 is 15.2 Å². The molecule has 0 aromatic heterocycles. The second kappa shape index (κ2) is 10.5. The summed E-state index contributed by atoms with van der Waals surface area (Å²) in [5.41, 5.74) is 6.75. The molecule has 1 aromatic rings. The Balaban J connectivity index is 2.57. The second-order valence-electron chi connectivity index (χ2n) is 4.62. The van der Waals surface area contributed by atoms with Crippen LogP contribution in [0.25, 0.3) is 0 Å². The standard InChI is InChI=1S/C16H27NO3/c1-3-9-18-11-12-20-16-13-15(19-10-4-2)6-5-14(16)7-8-17/h5-6,13H,3-4,7-12,17H2,1-2H3. The highest BCUT2D eigenvalue weighted by Crippen LogP contribution is 2.25. The first-order chi connectivity index (χ1) is 9.81. The van der Waals surface area contributed by atoms with Gasteiger partial charge in [0.15, 0.2) is 0 Å². The van der Waals surface area contributed by atoms with Crippen molar-refractivity contribution < 1.29 is 14.2 Å². The molecule has 0 heterocycles. The molecule has 0 fully saturated rings. The minimum Gasteiger partial charge on any atom is -0.493 e.